The lowest BCUT2D eigenvalue weighted by molar-refractivity contribution is -0.304. The molecule has 1 rings (SSSR count). The Morgan fingerprint density at radius 1 is 1.12 bits per heavy atom. The van der Waals surface area contributed by atoms with Gasteiger partial charge in [0.05, 0.1) is 21.3 Å². The van der Waals surface area contributed by atoms with E-state index in [9.17, 15) is 9.90 Å². The molecule has 0 radical (unpaired) electrons. The second kappa shape index (κ2) is 5.25. The molecule has 0 amide bonds. The number of hydrogen-bond acceptors (Lipinski definition) is 5. The van der Waals surface area contributed by atoms with Gasteiger partial charge >= 0.3 is 0 Å². The minimum absolute atomic E-state index is 0.268. The summed E-state index contributed by atoms with van der Waals surface area (Å²) in [5.41, 5.74) is 0.436. The molecule has 0 aliphatic carbocycles. The lowest BCUT2D eigenvalue weighted by atomic mass is 10.1. The van der Waals surface area contributed by atoms with Crippen LogP contribution in [0.15, 0.2) is 12.1 Å². The average Bonchev–Trinajstić information content (AvgIpc) is 2.28. The number of benzene rings is 1. The summed E-state index contributed by atoms with van der Waals surface area (Å²) < 4.78 is 15.2. The fourth-order valence-corrected chi connectivity index (χ4v) is 1.40. The van der Waals surface area contributed by atoms with Crippen LogP contribution in [0.25, 0.3) is 0 Å². The number of carbonyl (C=O) groups excluding carboxylic acids is 1. The van der Waals surface area contributed by atoms with Gasteiger partial charge in [0.2, 0.25) is 0 Å². The minimum Gasteiger partial charge on any atom is -0.550 e. The Morgan fingerprint density at radius 3 is 1.94 bits per heavy atom. The van der Waals surface area contributed by atoms with Crippen molar-refractivity contribution in [2.75, 3.05) is 21.3 Å². The third-order valence-corrected chi connectivity index (χ3v) is 2.14. The molecule has 0 spiro atoms. The van der Waals surface area contributed by atoms with Crippen molar-refractivity contribution in [3.8, 4) is 17.2 Å². The van der Waals surface area contributed by atoms with E-state index in [1.807, 2.05) is 0 Å². The molecule has 0 heterocycles. The topological polar surface area (TPSA) is 67.8 Å². The second-order valence-corrected chi connectivity index (χ2v) is 3.06. The van der Waals surface area contributed by atoms with E-state index >= 15 is 0 Å². The smallest absolute Gasteiger partial charge is 0.129 e. The van der Waals surface area contributed by atoms with Crippen molar-refractivity contribution >= 4 is 5.97 Å². The van der Waals surface area contributed by atoms with Gasteiger partial charge < -0.3 is 24.1 Å². The molecular formula is C11H13O5-. The van der Waals surface area contributed by atoms with Crippen LogP contribution >= 0.6 is 0 Å². The van der Waals surface area contributed by atoms with Gasteiger partial charge in [0.25, 0.3) is 0 Å². The number of ether oxygens (including phenoxy) is 3. The van der Waals surface area contributed by atoms with Crippen LogP contribution < -0.4 is 19.3 Å². The second-order valence-electron chi connectivity index (χ2n) is 3.06. The highest BCUT2D eigenvalue weighted by atomic mass is 16.5. The summed E-state index contributed by atoms with van der Waals surface area (Å²) in [5.74, 6) is 0.151. The Bertz CT molecular complexity index is 361. The lowest BCUT2D eigenvalue weighted by Crippen LogP contribution is -2.24. The van der Waals surface area contributed by atoms with Gasteiger partial charge in [0.1, 0.15) is 17.2 Å². The van der Waals surface area contributed by atoms with Crippen molar-refractivity contribution in [2.45, 2.75) is 6.42 Å². The first-order valence-corrected chi connectivity index (χ1v) is 4.61. The highest BCUT2D eigenvalue weighted by molar-refractivity contribution is 5.71. The van der Waals surface area contributed by atoms with E-state index in [0.29, 0.717) is 22.8 Å². The van der Waals surface area contributed by atoms with Gasteiger partial charge in [-0.25, -0.2) is 0 Å². The van der Waals surface area contributed by atoms with E-state index in [1.54, 1.807) is 12.1 Å². The number of hydrogen-bond donors (Lipinski definition) is 0. The van der Waals surface area contributed by atoms with Crippen LogP contribution in [0.4, 0.5) is 0 Å². The van der Waals surface area contributed by atoms with E-state index in [0.717, 1.165) is 0 Å². The summed E-state index contributed by atoms with van der Waals surface area (Å²) in [6, 6.07) is 3.20. The number of carboxylic acids is 1. The third-order valence-electron chi connectivity index (χ3n) is 2.14. The maximum Gasteiger partial charge on any atom is 0.129 e. The Balaban J connectivity index is 3.25. The monoisotopic (exact) mass is 225 g/mol. The molecule has 0 saturated carbocycles. The first kappa shape index (κ1) is 12.2. The van der Waals surface area contributed by atoms with E-state index < -0.39 is 5.97 Å². The molecule has 5 heteroatoms. The maximum absolute atomic E-state index is 10.6. The Labute approximate surface area is 93.6 Å². The van der Waals surface area contributed by atoms with Crippen molar-refractivity contribution < 1.29 is 24.1 Å². The number of carbonyl (C=O) groups is 1. The number of aliphatic carboxylic acids is 1. The van der Waals surface area contributed by atoms with Crippen molar-refractivity contribution in [3.05, 3.63) is 17.7 Å². The van der Waals surface area contributed by atoms with Crippen LogP contribution in [0.3, 0.4) is 0 Å². The summed E-state index contributed by atoms with van der Waals surface area (Å²) in [6.07, 6.45) is -0.268. The first-order chi connectivity index (χ1) is 7.62. The SMILES string of the molecule is COc1cc(OC)c(CC(=O)[O-])c(OC)c1. The molecule has 16 heavy (non-hydrogen) atoms. The van der Waals surface area contributed by atoms with Crippen LogP contribution in [0, 0.1) is 0 Å². The normalized spacial score (nSPS) is 9.69. The summed E-state index contributed by atoms with van der Waals surface area (Å²) in [6.45, 7) is 0. The van der Waals surface area contributed by atoms with Gasteiger partial charge in [-0.3, -0.25) is 0 Å². The molecule has 0 atom stereocenters. The zero-order chi connectivity index (χ0) is 12.1. The van der Waals surface area contributed by atoms with Crippen LogP contribution in [0.2, 0.25) is 0 Å². The quantitative estimate of drug-likeness (QED) is 0.705. The molecule has 0 unspecified atom stereocenters. The van der Waals surface area contributed by atoms with Crippen LogP contribution in [0.5, 0.6) is 17.2 Å². The fraction of sp³-hybridized carbons (Fsp3) is 0.364. The van der Waals surface area contributed by atoms with Crippen molar-refractivity contribution in [1.29, 1.82) is 0 Å². The van der Waals surface area contributed by atoms with Gasteiger partial charge in [0, 0.05) is 30.1 Å². The first-order valence-electron chi connectivity index (χ1n) is 4.61. The highest BCUT2D eigenvalue weighted by Crippen LogP contribution is 2.34. The Morgan fingerprint density at radius 2 is 1.62 bits per heavy atom. The third kappa shape index (κ3) is 2.56. The molecule has 0 bridgehead atoms. The number of carboxylic acid groups (broad SMARTS) is 1. The van der Waals surface area contributed by atoms with Gasteiger partial charge in [-0.1, -0.05) is 0 Å². The standard InChI is InChI=1S/C11H14O5/c1-14-7-4-9(15-2)8(6-11(12)13)10(5-7)16-3/h4-5H,6H2,1-3H3,(H,12,13)/p-1. The molecule has 88 valence electrons. The van der Waals surface area contributed by atoms with Crippen molar-refractivity contribution in [1.82, 2.24) is 0 Å². The fourth-order valence-electron chi connectivity index (χ4n) is 1.40. The Kier molecular flexibility index (Phi) is 3.99. The predicted octanol–water partition coefficient (Wildman–Crippen LogP) is 0.00480. The largest absolute Gasteiger partial charge is 0.550 e. The molecule has 0 N–H and O–H groups in total. The number of rotatable bonds is 5. The number of methoxy groups -OCH3 is 3. The van der Waals surface area contributed by atoms with Crippen molar-refractivity contribution in [2.24, 2.45) is 0 Å². The van der Waals surface area contributed by atoms with E-state index in [1.165, 1.54) is 21.3 Å². The minimum atomic E-state index is -1.19. The molecule has 0 aromatic heterocycles. The zero-order valence-electron chi connectivity index (χ0n) is 9.40. The summed E-state index contributed by atoms with van der Waals surface area (Å²) >= 11 is 0. The van der Waals surface area contributed by atoms with Gasteiger partial charge in [0.15, 0.2) is 0 Å². The summed E-state index contributed by atoms with van der Waals surface area (Å²) in [5, 5.41) is 10.6. The van der Waals surface area contributed by atoms with Crippen LogP contribution in [-0.4, -0.2) is 27.3 Å². The molecule has 0 aliphatic rings. The molecule has 0 fully saturated rings. The zero-order valence-corrected chi connectivity index (χ0v) is 9.40. The Hall–Kier alpha value is -1.91. The van der Waals surface area contributed by atoms with Crippen molar-refractivity contribution in [3.63, 3.8) is 0 Å². The average molecular weight is 225 g/mol. The summed E-state index contributed by atoms with van der Waals surface area (Å²) in [4.78, 5) is 10.6. The van der Waals surface area contributed by atoms with Gasteiger partial charge in [-0.2, -0.15) is 0 Å². The molecule has 0 aliphatic heterocycles. The predicted molar refractivity (Wildman–Crippen MR) is 54.8 cm³/mol. The maximum atomic E-state index is 10.6. The van der Waals surface area contributed by atoms with Gasteiger partial charge in [-0.15, -0.1) is 0 Å². The van der Waals surface area contributed by atoms with E-state index in [4.69, 9.17) is 14.2 Å². The van der Waals surface area contributed by atoms with E-state index in [2.05, 4.69) is 0 Å². The molecule has 5 nitrogen and oxygen atoms in total. The lowest BCUT2D eigenvalue weighted by Gasteiger charge is -2.15. The van der Waals surface area contributed by atoms with Gasteiger partial charge in [-0.05, 0) is 0 Å². The van der Waals surface area contributed by atoms with Crippen LogP contribution in [-0.2, 0) is 11.2 Å². The molecule has 1 aromatic rings. The molecule has 1 aromatic carbocycles. The summed E-state index contributed by atoms with van der Waals surface area (Å²) in [7, 11) is 4.41. The molecular weight excluding hydrogens is 212 g/mol. The highest BCUT2D eigenvalue weighted by Gasteiger charge is 2.13. The molecule has 0 saturated heterocycles. The van der Waals surface area contributed by atoms with Crippen LogP contribution in [0.1, 0.15) is 5.56 Å². The van der Waals surface area contributed by atoms with E-state index in [-0.39, 0.29) is 6.42 Å².